The van der Waals surface area contributed by atoms with Gasteiger partial charge in [0.1, 0.15) is 0 Å². The average molecular weight is 215 g/mol. The van der Waals surface area contributed by atoms with E-state index in [0.29, 0.717) is 11.3 Å². The highest BCUT2D eigenvalue weighted by Gasteiger charge is 2.08. The zero-order valence-corrected chi connectivity index (χ0v) is 8.33. The first-order valence-electron chi connectivity index (χ1n) is 4.63. The van der Waals surface area contributed by atoms with Gasteiger partial charge in [-0.3, -0.25) is 15.1 Å². The average Bonchev–Trinajstić information content (AvgIpc) is 2.30. The van der Waals surface area contributed by atoms with E-state index in [1.165, 1.54) is 18.3 Å². The zero-order valence-electron chi connectivity index (χ0n) is 8.33. The quantitative estimate of drug-likeness (QED) is 0.615. The van der Waals surface area contributed by atoms with Gasteiger partial charge in [0.05, 0.1) is 16.8 Å². The molecule has 1 aromatic heterocycles. The number of pyridine rings is 1. The van der Waals surface area contributed by atoms with Crippen molar-refractivity contribution in [3.05, 3.63) is 52.8 Å². The Balaban J connectivity index is 2.53. The lowest BCUT2D eigenvalue weighted by molar-refractivity contribution is -0.384. The summed E-state index contributed by atoms with van der Waals surface area (Å²) in [5.41, 5.74) is 7.76. The van der Waals surface area contributed by atoms with Crippen molar-refractivity contribution < 1.29 is 4.92 Å². The second-order valence-corrected chi connectivity index (χ2v) is 3.27. The predicted octanol–water partition coefficient (Wildman–Crippen LogP) is 2.24. The molecule has 0 saturated heterocycles. The summed E-state index contributed by atoms with van der Waals surface area (Å²) >= 11 is 0. The van der Waals surface area contributed by atoms with Gasteiger partial charge in [0.2, 0.25) is 0 Å². The van der Waals surface area contributed by atoms with Crippen LogP contribution < -0.4 is 5.73 Å². The summed E-state index contributed by atoms with van der Waals surface area (Å²) in [5.74, 6) is 0. The van der Waals surface area contributed by atoms with Gasteiger partial charge in [-0.25, -0.2) is 0 Å². The first-order chi connectivity index (χ1) is 7.68. The largest absolute Gasteiger partial charge is 0.397 e. The summed E-state index contributed by atoms with van der Waals surface area (Å²) in [6.45, 7) is 0. The van der Waals surface area contributed by atoms with E-state index in [-0.39, 0.29) is 5.69 Å². The second-order valence-electron chi connectivity index (χ2n) is 3.27. The molecule has 1 heterocycles. The Labute approximate surface area is 91.7 Å². The number of nitrogens with zero attached hydrogens (tertiary/aromatic N) is 2. The van der Waals surface area contributed by atoms with Crippen LogP contribution in [0.4, 0.5) is 11.4 Å². The van der Waals surface area contributed by atoms with E-state index in [4.69, 9.17) is 5.73 Å². The van der Waals surface area contributed by atoms with Crippen LogP contribution in [-0.2, 0) is 0 Å². The van der Waals surface area contributed by atoms with Gasteiger partial charge in [0.25, 0.3) is 5.69 Å². The number of non-ortho nitro benzene ring substituents is 1. The summed E-state index contributed by atoms with van der Waals surface area (Å²) in [5, 5.41) is 10.6. The normalized spacial score (nSPS) is 10.0. The Kier molecular flexibility index (Phi) is 2.51. The van der Waals surface area contributed by atoms with Crippen molar-refractivity contribution in [2.24, 2.45) is 0 Å². The topological polar surface area (TPSA) is 82.0 Å². The minimum atomic E-state index is -0.430. The molecule has 5 heteroatoms. The fraction of sp³-hybridized carbons (Fsp3) is 0. The van der Waals surface area contributed by atoms with Crippen LogP contribution in [0.1, 0.15) is 0 Å². The summed E-state index contributed by atoms with van der Waals surface area (Å²) < 4.78 is 0. The van der Waals surface area contributed by atoms with Crippen LogP contribution in [0.15, 0.2) is 42.7 Å². The Morgan fingerprint density at radius 2 is 2.12 bits per heavy atom. The molecule has 2 rings (SSSR count). The molecule has 0 fully saturated rings. The Hall–Kier alpha value is -2.43. The van der Waals surface area contributed by atoms with Crippen LogP contribution in [0, 0.1) is 10.1 Å². The number of nitro groups is 1. The maximum absolute atomic E-state index is 10.6. The third-order valence-corrected chi connectivity index (χ3v) is 2.22. The van der Waals surface area contributed by atoms with Crippen molar-refractivity contribution in [1.29, 1.82) is 0 Å². The Morgan fingerprint density at radius 3 is 2.81 bits per heavy atom. The standard InChI is InChI=1S/C11H9N3O2/c12-11-7-13-5-4-10(11)8-2-1-3-9(6-8)14(15)16/h1-7H,12H2. The number of nitrogens with two attached hydrogens (primary N) is 1. The Bertz CT molecular complexity index is 540. The fourth-order valence-electron chi connectivity index (χ4n) is 1.46. The lowest BCUT2D eigenvalue weighted by Gasteiger charge is -2.04. The molecule has 0 radical (unpaired) electrons. The van der Waals surface area contributed by atoms with Gasteiger partial charge in [0.15, 0.2) is 0 Å². The highest BCUT2D eigenvalue weighted by Crippen LogP contribution is 2.27. The number of benzene rings is 1. The molecular formula is C11H9N3O2. The maximum atomic E-state index is 10.6. The van der Waals surface area contributed by atoms with Crippen molar-refractivity contribution in [2.45, 2.75) is 0 Å². The summed E-state index contributed by atoms with van der Waals surface area (Å²) in [6.07, 6.45) is 3.12. The van der Waals surface area contributed by atoms with Crippen LogP contribution >= 0.6 is 0 Å². The second kappa shape index (κ2) is 3.98. The van der Waals surface area contributed by atoms with Crippen LogP contribution in [0.2, 0.25) is 0 Å². The number of aromatic nitrogens is 1. The van der Waals surface area contributed by atoms with Crippen molar-refractivity contribution >= 4 is 11.4 Å². The third-order valence-electron chi connectivity index (χ3n) is 2.22. The highest BCUT2D eigenvalue weighted by molar-refractivity contribution is 5.76. The monoisotopic (exact) mass is 215 g/mol. The molecule has 0 saturated carbocycles. The van der Waals surface area contributed by atoms with Gasteiger partial charge >= 0.3 is 0 Å². The van der Waals surface area contributed by atoms with E-state index in [1.54, 1.807) is 24.4 Å². The molecule has 0 bridgehead atoms. The maximum Gasteiger partial charge on any atom is 0.270 e. The Morgan fingerprint density at radius 1 is 1.31 bits per heavy atom. The molecule has 0 aliphatic rings. The molecule has 0 atom stereocenters. The van der Waals surface area contributed by atoms with Crippen LogP contribution in [0.3, 0.4) is 0 Å². The lowest BCUT2D eigenvalue weighted by atomic mass is 10.1. The minimum absolute atomic E-state index is 0.0497. The smallest absolute Gasteiger partial charge is 0.270 e. The summed E-state index contributed by atoms with van der Waals surface area (Å²) in [6, 6.07) is 8.08. The molecule has 5 nitrogen and oxygen atoms in total. The van der Waals surface area contributed by atoms with Crippen molar-refractivity contribution in [2.75, 3.05) is 5.73 Å². The number of nitrogen functional groups attached to an aromatic ring is 1. The molecule has 2 N–H and O–H groups in total. The van der Waals surface area contributed by atoms with Gasteiger partial charge in [-0.15, -0.1) is 0 Å². The van der Waals surface area contributed by atoms with Crippen molar-refractivity contribution in [3.8, 4) is 11.1 Å². The number of nitro benzene ring substituents is 1. The van der Waals surface area contributed by atoms with Crippen molar-refractivity contribution in [3.63, 3.8) is 0 Å². The zero-order chi connectivity index (χ0) is 11.5. The molecule has 0 spiro atoms. The number of hydrogen-bond acceptors (Lipinski definition) is 4. The van der Waals surface area contributed by atoms with Gasteiger partial charge in [-0.2, -0.15) is 0 Å². The van der Waals surface area contributed by atoms with Gasteiger partial charge in [0, 0.05) is 23.9 Å². The van der Waals surface area contributed by atoms with E-state index >= 15 is 0 Å². The fourth-order valence-corrected chi connectivity index (χ4v) is 1.46. The number of hydrogen-bond donors (Lipinski definition) is 1. The first kappa shape index (κ1) is 10.1. The van der Waals surface area contributed by atoms with E-state index in [0.717, 1.165) is 5.56 Å². The number of anilines is 1. The van der Waals surface area contributed by atoms with Crippen LogP contribution in [0.5, 0.6) is 0 Å². The number of rotatable bonds is 2. The molecular weight excluding hydrogens is 206 g/mol. The lowest BCUT2D eigenvalue weighted by Crippen LogP contribution is -1.92. The van der Waals surface area contributed by atoms with Crippen LogP contribution in [-0.4, -0.2) is 9.91 Å². The van der Waals surface area contributed by atoms with Crippen molar-refractivity contribution in [1.82, 2.24) is 4.98 Å². The molecule has 2 aromatic rings. The van der Waals surface area contributed by atoms with E-state index in [9.17, 15) is 10.1 Å². The van der Waals surface area contributed by atoms with E-state index < -0.39 is 4.92 Å². The van der Waals surface area contributed by atoms with Gasteiger partial charge in [-0.05, 0) is 11.6 Å². The summed E-state index contributed by atoms with van der Waals surface area (Å²) in [4.78, 5) is 14.1. The predicted molar refractivity (Wildman–Crippen MR) is 60.7 cm³/mol. The molecule has 0 aliphatic carbocycles. The van der Waals surface area contributed by atoms with E-state index in [1.807, 2.05) is 0 Å². The SMILES string of the molecule is Nc1cnccc1-c1cccc([N+](=O)[O-])c1. The highest BCUT2D eigenvalue weighted by atomic mass is 16.6. The molecule has 1 aromatic carbocycles. The molecule has 80 valence electrons. The molecule has 0 amide bonds. The summed E-state index contributed by atoms with van der Waals surface area (Å²) in [7, 11) is 0. The minimum Gasteiger partial charge on any atom is -0.397 e. The molecule has 0 unspecified atom stereocenters. The van der Waals surface area contributed by atoms with Gasteiger partial charge in [-0.1, -0.05) is 12.1 Å². The third kappa shape index (κ3) is 1.83. The van der Waals surface area contributed by atoms with E-state index in [2.05, 4.69) is 4.98 Å². The van der Waals surface area contributed by atoms with Crippen LogP contribution in [0.25, 0.3) is 11.1 Å². The first-order valence-corrected chi connectivity index (χ1v) is 4.63. The van der Waals surface area contributed by atoms with Gasteiger partial charge < -0.3 is 5.73 Å². The molecule has 16 heavy (non-hydrogen) atoms. The molecule has 0 aliphatic heterocycles.